The summed E-state index contributed by atoms with van der Waals surface area (Å²) in [6.07, 6.45) is 0. The smallest absolute Gasteiger partial charge is 0.305 e. The number of aromatic amines is 1. The van der Waals surface area contributed by atoms with E-state index < -0.39 is 20.7 Å². The Labute approximate surface area is 159 Å². The van der Waals surface area contributed by atoms with Gasteiger partial charge in [0.15, 0.2) is 22.4 Å². The van der Waals surface area contributed by atoms with E-state index >= 15 is 0 Å². The summed E-state index contributed by atoms with van der Waals surface area (Å²) in [6.45, 7) is 1.81. The Kier molecular flexibility index (Phi) is 5.63. The predicted octanol–water partition coefficient (Wildman–Crippen LogP) is 0.796. The molecule has 2 aromatic rings. The highest BCUT2D eigenvalue weighted by molar-refractivity contribution is 7.91. The third-order valence-electron chi connectivity index (χ3n) is 4.13. The van der Waals surface area contributed by atoms with Crippen LogP contribution in [-0.2, 0) is 14.8 Å². The largest absolute Gasteiger partial charge is 0.481 e. The van der Waals surface area contributed by atoms with Crippen molar-refractivity contribution in [2.24, 2.45) is 0 Å². The lowest BCUT2D eigenvalue weighted by molar-refractivity contribution is -0.134. The first kappa shape index (κ1) is 19.5. The maximum absolute atomic E-state index is 13.5. The molecule has 1 aromatic heterocycles. The van der Waals surface area contributed by atoms with Gasteiger partial charge in [0.25, 0.3) is 15.9 Å². The van der Waals surface area contributed by atoms with Gasteiger partial charge in [-0.1, -0.05) is 23.5 Å². The van der Waals surface area contributed by atoms with Crippen molar-refractivity contribution >= 4 is 27.3 Å². The van der Waals surface area contributed by atoms with E-state index in [9.17, 15) is 22.4 Å². The van der Waals surface area contributed by atoms with Gasteiger partial charge in [0.05, 0.1) is 0 Å². The number of aromatic nitrogens is 1. The summed E-state index contributed by atoms with van der Waals surface area (Å²) < 4.78 is 45.3. The Hall–Kier alpha value is -2.24. The van der Waals surface area contributed by atoms with Gasteiger partial charge in [0.2, 0.25) is 0 Å². The molecule has 1 amide bonds. The van der Waals surface area contributed by atoms with E-state index in [1.54, 1.807) is 6.07 Å². The molecule has 11 heteroatoms. The highest BCUT2D eigenvalue weighted by Gasteiger charge is 2.32. The van der Waals surface area contributed by atoms with Crippen LogP contribution in [0.25, 0.3) is 0 Å². The zero-order valence-corrected chi connectivity index (χ0v) is 16.1. The van der Waals surface area contributed by atoms with Crippen LogP contribution in [0, 0.1) is 12.7 Å². The summed E-state index contributed by atoms with van der Waals surface area (Å²) >= 11 is 0.652. The molecule has 8 nitrogen and oxygen atoms in total. The van der Waals surface area contributed by atoms with E-state index in [0.29, 0.717) is 17.0 Å². The molecule has 146 valence electrons. The van der Waals surface area contributed by atoms with E-state index in [0.717, 1.165) is 0 Å². The highest BCUT2D eigenvalue weighted by atomic mass is 32.2. The Balaban J connectivity index is 1.58. The molecule has 0 radical (unpaired) electrons. The first-order chi connectivity index (χ1) is 12.8. The average molecular weight is 415 g/mol. The minimum Gasteiger partial charge on any atom is -0.481 e. The molecule has 0 bridgehead atoms. The fourth-order valence-electron chi connectivity index (χ4n) is 2.72. The molecule has 2 heterocycles. The number of ether oxygens (including phenoxy) is 1. The molecule has 27 heavy (non-hydrogen) atoms. The second-order valence-corrected chi connectivity index (χ2v) is 9.05. The number of nitrogens with one attached hydrogen (secondary N) is 1. The maximum Gasteiger partial charge on any atom is 0.305 e. The van der Waals surface area contributed by atoms with Gasteiger partial charge in [-0.3, -0.25) is 9.59 Å². The fraction of sp³-hybridized carbons (Fsp3) is 0.375. The van der Waals surface area contributed by atoms with Crippen LogP contribution in [0.2, 0.25) is 0 Å². The number of halogens is 1. The average Bonchev–Trinajstić information content (AvgIpc) is 3.00. The number of thiazole rings is 1. The van der Waals surface area contributed by atoms with Crippen LogP contribution in [0.3, 0.4) is 0 Å². The van der Waals surface area contributed by atoms with Crippen molar-refractivity contribution in [3.05, 3.63) is 45.4 Å². The number of hydrogen-bond donors (Lipinski definition) is 1. The number of piperazine rings is 1. The summed E-state index contributed by atoms with van der Waals surface area (Å²) in [7, 11) is -3.78. The van der Waals surface area contributed by atoms with Gasteiger partial charge in [-0.05, 0) is 19.1 Å². The quantitative estimate of drug-likeness (QED) is 0.779. The molecule has 1 aliphatic heterocycles. The summed E-state index contributed by atoms with van der Waals surface area (Å²) in [6, 6.07) is 5.79. The van der Waals surface area contributed by atoms with Gasteiger partial charge in [-0.2, -0.15) is 4.31 Å². The van der Waals surface area contributed by atoms with Gasteiger partial charge < -0.3 is 14.6 Å². The molecule has 0 saturated carbocycles. The molecule has 0 unspecified atom stereocenters. The van der Waals surface area contributed by atoms with E-state index in [2.05, 4.69) is 4.98 Å². The van der Waals surface area contributed by atoms with E-state index in [4.69, 9.17) is 4.74 Å². The number of carbonyl (C=O) groups is 1. The molecule has 1 aromatic carbocycles. The molecule has 1 N–H and O–H groups in total. The van der Waals surface area contributed by atoms with Crippen molar-refractivity contribution in [3.8, 4) is 5.75 Å². The Morgan fingerprint density at radius 2 is 1.93 bits per heavy atom. The second-order valence-electron chi connectivity index (χ2n) is 5.93. The van der Waals surface area contributed by atoms with Gasteiger partial charge >= 0.3 is 4.87 Å². The number of hydrogen-bond acceptors (Lipinski definition) is 6. The molecule has 0 spiro atoms. The lowest BCUT2D eigenvalue weighted by Crippen LogP contribution is -2.51. The van der Waals surface area contributed by atoms with Crippen LogP contribution >= 0.6 is 11.3 Å². The maximum atomic E-state index is 13.5. The summed E-state index contributed by atoms with van der Waals surface area (Å²) in [5.74, 6) is -0.912. The number of rotatable bonds is 5. The van der Waals surface area contributed by atoms with Crippen molar-refractivity contribution in [1.82, 2.24) is 14.2 Å². The van der Waals surface area contributed by atoms with Crippen molar-refractivity contribution in [2.45, 2.75) is 11.1 Å². The highest BCUT2D eigenvalue weighted by Crippen LogP contribution is 2.22. The number of aryl methyl sites for hydroxylation is 1. The molecule has 1 saturated heterocycles. The number of nitrogens with zero attached hydrogens (tertiary/aromatic N) is 2. The Bertz CT molecular complexity index is 993. The normalized spacial score (nSPS) is 15.7. The first-order valence-electron chi connectivity index (χ1n) is 8.14. The van der Waals surface area contributed by atoms with E-state index in [1.165, 1.54) is 34.3 Å². The molecule has 1 fully saturated rings. The first-order valence-corrected chi connectivity index (χ1v) is 10.4. The van der Waals surface area contributed by atoms with Crippen molar-refractivity contribution in [1.29, 1.82) is 0 Å². The minimum atomic E-state index is -3.78. The van der Waals surface area contributed by atoms with Crippen molar-refractivity contribution in [2.75, 3.05) is 32.8 Å². The molecular formula is C16H18FN3O5S2. The van der Waals surface area contributed by atoms with Crippen LogP contribution in [0.1, 0.15) is 5.69 Å². The lowest BCUT2D eigenvalue weighted by atomic mass is 10.3. The molecule has 3 rings (SSSR count). The topological polar surface area (TPSA) is 99.8 Å². The zero-order chi connectivity index (χ0) is 19.6. The number of benzene rings is 1. The third-order valence-corrected chi connectivity index (χ3v) is 7.62. The van der Waals surface area contributed by atoms with Crippen LogP contribution in [0.15, 0.2) is 33.3 Å². The second kappa shape index (κ2) is 7.79. The number of carbonyl (C=O) groups excluding carboxylic acids is 1. The van der Waals surface area contributed by atoms with Gasteiger partial charge in [0.1, 0.15) is 0 Å². The number of sulfonamides is 1. The van der Waals surface area contributed by atoms with Gasteiger partial charge in [0, 0.05) is 31.9 Å². The lowest BCUT2D eigenvalue weighted by Gasteiger charge is -2.33. The van der Waals surface area contributed by atoms with Crippen LogP contribution in [0.5, 0.6) is 5.75 Å². The Morgan fingerprint density at radius 1 is 1.26 bits per heavy atom. The van der Waals surface area contributed by atoms with Crippen molar-refractivity contribution < 1.29 is 22.3 Å². The SMILES string of the molecule is Cc1[nH]c(=O)sc1S(=O)(=O)N1CCN(C(=O)COc2ccccc2F)CC1. The standard InChI is InChI=1S/C16H18FN3O5S2/c1-11-15(26-16(22)18-11)27(23,24)20-8-6-19(7-9-20)14(21)10-25-13-5-3-2-4-12(13)17/h2-5H,6-10H2,1H3,(H,18,22). The number of para-hydroxylation sites is 1. The minimum absolute atomic E-state index is 0.00448. The number of H-pyrrole nitrogens is 1. The van der Waals surface area contributed by atoms with Gasteiger partial charge in [-0.25, -0.2) is 12.8 Å². The summed E-state index contributed by atoms with van der Waals surface area (Å²) in [5.41, 5.74) is 0.307. The Morgan fingerprint density at radius 3 is 2.52 bits per heavy atom. The predicted molar refractivity (Wildman–Crippen MR) is 96.9 cm³/mol. The van der Waals surface area contributed by atoms with Crippen molar-refractivity contribution in [3.63, 3.8) is 0 Å². The molecular weight excluding hydrogens is 397 g/mol. The number of amides is 1. The van der Waals surface area contributed by atoms with E-state index in [-0.39, 0.29) is 48.7 Å². The third kappa shape index (κ3) is 4.20. The van der Waals surface area contributed by atoms with Crippen LogP contribution in [0.4, 0.5) is 4.39 Å². The molecule has 0 aliphatic carbocycles. The van der Waals surface area contributed by atoms with Crippen LogP contribution in [-0.4, -0.2) is 61.3 Å². The zero-order valence-electron chi connectivity index (χ0n) is 14.5. The molecule has 1 aliphatic rings. The molecule has 0 atom stereocenters. The fourth-order valence-corrected chi connectivity index (χ4v) is 5.58. The summed E-state index contributed by atoms with van der Waals surface area (Å²) in [4.78, 5) is 27.1. The monoisotopic (exact) mass is 415 g/mol. The summed E-state index contributed by atoms with van der Waals surface area (Å²) in [5, 5.41) is 0. The van der Waals surface area contributed by atoms with Crippen LogP contribution < -0.4 is 9.61 Å². The van der Waals surface area contributed by atoms with E-state index in [1.807, 2.05) is 0 Å². The van der Waals surface area contributed by atoms with Gasteiger partial charge in [-0.15, -0.1) is 0 Å².